The van der Waals surface area contributed by atoms with Crippen LogP contribution in [-0.2, 0) is 4.79 Å². The maximum atomic E-state index is 12.1. The van der Waals surface area contributed by atoms with E-state index in [4.69, 9.17) is 5.73 Å². The fourth-order valence-corrected chi connectivity index (χ4v) is 3.56. The summed E-state index contributed by atoms with van der Waals surface area (Å²) in [6.07, 6.45) is 6.73. The van der Waals surface area contributed by atoms with Crippen LogP contribution in [0.15, 0.2) is 0 Å². The molecule has 2 bridgehead atoms. The van der Waals surface area contributed by atoms with Crippen molar-refractivity contribution < 1.29 is 4.79 Å². The molecule has 2 rings (SSSR count). The summed E-state index contributed by atoms with van der Waals surface area (Å²) in [6, 6.07) is 1.41. The third-order valence-electron chi connectivity index (χ3n) is 4.48. The van der Waals surface area contributed by atoms with E-state index >= 15 is 0 Å². The first kappa shape index (κ1) is 13.8. The average Bonchev–Trinajstić information content (AvgIpc) is 2.61. The van der Waals surface area contributed by atoms with Gasteiger partial charge in [0.25, 0.3) is 0 Å². The predicted molar refractivity (Wildman–Crippen MR) is 73.2 cm³/mol. The number of nitrogens with one attached hydrogen (secondary N) is 1. The minimum absolute atomic E-state index is 0.00635. The van der Waals surface area contributed by atoms with Crippen LogP contribution in [0.3, 0.4) is 0 Å². The molecule has 3 N–H and O–H groups in total. The maximum Gasteiger partial charge on any atom is 0.237 e. The highest BCUT2D eigenvalue weighted by atomic mass is 16.2. The van der Waals surface area contributed by atoms with E-state index in [0.29, 0.717) is 18.1 Å². The molecule has 0 spiro atoms. The van der Waals surface area contributed by atoms with Crippen LogP contribution in [0.25, 0.3) is 0 Å². The molecule has 2 fully saturated rings. The van der Waals surface area contributed by atoms with Crippen LogP contribution >= 0.6 is 0 Å². The normalized spacial score (nSPS) is 33.4. The van der Waals surface area contributed by atoms with E-state index in [-0.39, 0.29) is 11.9 Å². The number of carbonyl (C=O) groups is 1. The molecule has 18 heavy (non-hydrogen) atoms. The number of unbranched alkanes of at least 4 members (excludes halogenated alkanes) is 1. The zero-order valence-corrected chi connectivity index (χ0v) is 11.7. The van der Waals surface area contributed by atoms with Crippen LogP contribution in [0.4, 0.5) is 0 Å². The van der Waals surface area contributed by atoms with Crippen molar-refractivity contribution in [2.24, 2.45) is 5.73 Å². The number of nitrogens with zero attached hydrogens (tertiary/aromatic N) is 1. The number of carbonyl (C=O) groups excluding carboxylic acids is 1. The van der Waals surface area contributed by atoms with Crippen LogP contribution in [0, 0.1) is 0 Å². The summed E-state index contributed by atoms with van der Waals surface area (Å²) < 4.78 is 0. The van der Waals surface area contributed by atoms with E-state index in [1.54, 1.807) is 0 Å². The van der Waals surface area contributed by atoms with Gasteiger partial charge < -0.3 is 11.1 Å². The molecule has 104 valence electrons. The van der Waals surface area contributed by atoms with Crippen molar-refractivity contribution in [3.63, 3.8) is 0 Å². The molecule has 4 heteroatoms. The number of nitrogens with two attached hydrogens (primary N) is 1. The zero-order chi connectivity index (χ0) is 13.1. The Bertz CT molecular complexity index is 281. The van der Waals surface area contributed by atoms with Crippen molar-refractivity contribution in [2.75, 3.05) is 6.54 Å². The van der Waals surface area contributed by atoms with Gasteiger partial charge in [-0.15, -0.1) is 0 Å². The minimum atomic E-state index is 0.00635. The summed E-state index contributed by atoms with van der Waals surface area (Å²) in [7, 11) is 0. The zero-order valence-electron chi connectivity index (χ0n) is 11.7. The molecular formula is C14H27N3O. The van der Waals surface area contributed by atoms with Crippen molar-refractivity contribution in [3.05, 3.63) is 0 Å². The Labute approximate surface area is 110 Å². The molecule has 4 nitrogen and oxygen atoms in total. The molecule has 2 saturated heterocycles. The van der Waals surface area contributed by atoms with Gasteiger partial charge in [-0.3, -0.25) is 9.69 Å². The summed E-state index contributed by atoms with van der Waals surface area (Å²) >= 11 is 0. The smallest absolute Gasteiger partial charge is 0.237 e. The summed E-state index contributed by atoms with van der Waals surface area (Å²) in [4.78, 5) is 14.6. The van der Waals surface area contributed by atoms with Crippen LogP contribution in [0.2, 0.25) is 0 Å². The number of amides is 1. The Morgan fingerprint density at radius 3 is 2.56 bits per heavy atom. The van der Waals surface area contributed by atoms with Gasteiger partial charge in [-0.1, -0.05) is 13.3 Å². The van der Waals surface area contributed by atoms with Gasteiger partial charge in [0.05, 0.1) is 6.04 Å². The second kappa shape index (κ2) is 6.02. The van der Waals surface area contributed by atoms with Crippen LogP contribution in [-0.4, -0.2) is 41.5 Å². The lowest BCUT2D eigenvalue weighted by molar-refractivity contribution is -0.127. The molecule has 0 radical (unpaired) electrons. The molecular weight excluding hydrogens is 226 g/mol. The number of hydrogen-bond acceptors (Lipinski definition) is 3. The SMILES string of the molecule is CCCCNC(=O)C(C)N1C2CCC1CC(N)C2. The van der Waals surface area contributed by atoms with E-state index in [0.717, 1.165) is 32.2 Å². The number of rotatable bonds is 5. The largest absolute Gasteiger partial charge is 0.355 e. The Morgan fingerprint density at radius 2 is 2.00 bits per heavy atom. The van der Waals surface area contributed by atoms with E-state index in [9.17, 15) is 4.79 Å². The molecule has 3 atom stereocenters. The molecule has 2 aliphatic heterocycles. The second-order valence-corrected chi connectivity index (χ2v) is 5.88. The fraction of sp³-hybridized carbons (Fsp3) is 0.929. The second-order valence-electron chi connectivity index (χ2n) is 5.88. The van der Waals surface area contributed by atoms with Crippen LogP contribution < -0.4 is 11.1 Å². The predicted octanol–water partition coefficient (Wildman–Crippen LogP) is 1.25. The number of fused-ring (bicyclic) bond motifs is 2. The van der Waals surface area contributed by atoms with E-state index < -0.39 is 0 Å². The molecule has 2 heterocycles. The van der Waals surface area contributed by atoms with Gasteiger partial charge in [-0.2, -0.15) is 0 Å². The average molecular weight is 253 g/mol. The summed E-state index contributed by atoms with van der Waals surface area (Å²) in [5.74, 6) is 0.191. The third kappa shape index (κ3) is 2.86. The Balaban J connectivity index is 1.89. The Hall–Kier alpha value is -0.610. The quantitative estimate of drug-likeness (QED) is 0.725. The molecule has 0 aliphatic carbocycles. The highest BCUT2D eigenvalue weighted by Gasteiger charge is 2.43. The van der Waals surface area contributed by atoms with Crippen LogP contribution in [0.5, 0.6) is 0 Å². The van der Waals surface area contributed by atoms with Gasteiger partial charge in [0.15, 0.2) is 0 Å². The highest BCUT2D eigenvalue weighted by Crippen LogP contribution is 2.36. The molecule has 1 amide bonds. The molecule has 0 aromatic heterocycles. The highest BCUT2D eigenvalue weighted by molar-refractivity contribution is 5.81. The fourth-order valence-electron chi connectivity index (χ4n) is 3.56. The molecule has 2 aliphatic rings. The van der Waals surface area contributed by atoms with Gasteiger partial charge in [-0.05, 0) is 39.0 Å². The van der Waals surface area contributed by atoms with Gasteiger partial charge in [0, 0.05) is 24.7 Å². The first-order chi connectivity index (χ1) is 8.63. The Kier molecular flexibility index (Phi) is 4.62. The monoisotopic (exact) mass is 253 g/mol. The first-order valence-corrected chi connectivity index (χ1v) is 7.44. The Morgan fingerprint density at radius 1 is 1.39 bits per heavy atom. The lowest BCUT2D eigenvalue weighted by Crippen LogP contribution is -2.55. The van der Waals surface area contributed by atoms with Crippen molar-refractivity contribution in [1.82, 2.24) is 10.2 Å². The van der Waals surface area contributed by atoms with E-state index in [1.807, 2.05) is 6.92 Å². The molecule has 3 unspecified atom stereocenters. The van der Waals surface area contributed by atoms with E-state index in [1.165, 1.54) is 12.8 Å². The summed E-state index contributed by atoms with van der Waals surface area (Å²) in [5, 5.41) is 3.05. The third-order valence-corrected chi connectivity index (χ3v) is 4.48. The van der Waals surface area contributed by atoms with E-state index in [2.05, 4.69) is 17.1 Å². The lowest BCUT2D eigenvalue weighted by Gasteiger charge is -2.40. The van der Waals surface area contributed by atoms with Crippen molar-refractivity contribution in [3.8, 4) is 0 Å². The standard InChI is InChI=1S/C14H27N3O/c1-3-4-7-16-14(18)10(2)17-12-5-6-13(17)9-11(15)8-12/h10-13H,3-9,15H2,1-2H3,(H,16,18). The van der Waals surface area contributed by atoms with Gasteiger partial charge in [-0.25, -0.2) is 0 Å². The van der Waals surface area contributed by atoms with Crippen LogP contribution in [0.1, 0.15) is 52.4 Å². The minimum Gasteiger partial charge on any atom is -0.355 e. The lowest BCUT2D eigenvalue weighted by atomic mass is 9.96. The molecule has 0 saturated carbocycles. The van der Waals surface area contributed by atoms with Crippen molar-refractivity contribution in [1.29, 1.82) is 0 Å². The number of hydrogen-bond donors (Lipinski definition) is 2. The summed E-state index contributed by atoms with van der Waals surface area (Å²) in [5.41, 5.74) is 6.07. The van der Waals surface area contributed by atoms with Crippen molar-refractivity contribution in [2.45, 2.75) is 76.5 Å². The van der Waals surface area contributed by atoms with Gasteiger partial charge in [0.1, 0.15) is 0 Å². The molecule has 0 aromatic carbocycles. The number of piperidine rings is 1. The topological polar surface area (TPSA) is 58.4 Å². The van der Waals surface area contributed by atoms with Crippen molar-refractivity contribution >= 4 is 5.91 Å². The summed E-state index contributed by atoms with van der Waals surface area (Å²) in [6.45, 7) is 4.99. The molecule has 0 aromatic rings. The van der Waals surface area contributed by atoms with Gasteiger partial charge in [0.2, 0.25) is 5.91 Å². The first-order valence-electron chi connectivity index (χ1n) is 7.44. The van der Waals surface area contributed by atoms with Gasteiger partial charge >= 0.3 is 0 Å². The maximum absolute atomic E-state index is 12.1.